The summed E-state index contributed by atoms with van der Waals surface area (Å²) in [4.78, 5) is 0. The van der Waals surface area contributed by atoms with Gasteiger partial charge in [0.2, 0.25) is 10.0 Å². The minimum Gasteiger partial charge on any atom is -0.329 e. The van der Waals surface area contributed by atoms with Gasteiger partial charge in [0.05, 0.1) is 5.75 Å². The van der Waals surface area contributed by atoms with Crippen molar-refractivity contribution in [3.05, 3.63) is 0 Å². The molecule has 0 unspecified atom stereocenters. The second-order valence-electron chi connectivity index (χ2n) is 5.34. The number of nitrogens with two attached hydrogens (primary N) is 1. The van der Waals surface area contributed by atoms with Crippen molar-refractivity contribution >= 4 is 10.0 Å². The zero-order chi connectivity index (χ0) is 12.9. The third kappa shape index (κ3) is 4.56. The molecule has 4 nitrogen and oxygen atoms in total. The van der Waals surface area contributed by atoms with Crippen LogP contribution in [0.2, 0.25) is 0 Å². The van der Waals surface area contributed by atoms with Crippen molar-refractivity contribution in [3.63, 3.8) is 0 Å². The Morgan fingerprint density at radius 2 is 1.88 bits per heavy atom. The Morgan fingerprint density at radius 3 is 2.35 bits per heavy atom. The van der Waals surface area contributed by atoms with Crippen molar-refractivity contribution in [1.29, 1.82) is 0 Å². The number of nitrogens with zero attached hydrogens (tertiary/aromatic N) is 1. The third-order valence-corrected chi connectivity index (χ3v) is 5.34. The lowest BCUT2D eigenvalue weighted by molar-refractivity contribution is 0.305. The van der Waals surface area contributed by atoms with Gasteiger partial charge in [0.15, 0.2) is 0 Å². The molecule has 0 saturated heterocycles. The zero-order valence-electron chi connectivity index (χ0n) is 11.1. The predicted molar refractivity (Wildman–Crippen MR) is 71.3 cm³/mol. The van der Waals surface area contributed by atoms with Crippen molar-refractivity contribution in [2.75, 3.05) is 18.8 Å². The molecular formula is C12H26N2O2S. The minimum absolute atomic E-state index is 0.0849. The lowest BCUT2D eigenvalue weighted by Crippen LogP contribution is -2.42. The Balaban J connectivity index is 2.70. The molecule has 0 aromatic rings. The third-order valence-electron chi connectivity index (χ3n) is 3.39. The summed E-state index contributed by atoms with van der Waals surface area (Å²) < 4.78 is 26.1. The van der Waals surface area contributed by atoms with Crippen LogP contribution in [0.3, 0.4) is 0 Å². The van der Waals surface area contributed by atoms with E-state index in [-0.39, 0.29) is 18.3 Å². The van der Waals surface area contributed by atoms with Crippen molar-refractivity contribution in [1.82, 2.24) is 4.31 Å². The molecule has 5 heteroatoms. The molecule has 0 aliphatic heterocycles. The van der Waals surface area contributed by atoms with E-state index in [4.69, 9.17) is 5.73 Å². The molecule has 1 rings (SSSR count). The highest BCUT2D eigenvalue weighted by atomic mass is 32.2. The molecule has 1 aliphatic carbocycles. The van der Waals surface area contributed by atoms with Crippen LogP contribution in [0.25, 0.3) is 0 Å². The minimum atomic E-state index is -3.14. The molecule has 0 aromatic carbocycles. The maximum atomic E-state index is 12.2. The molecule has 0 radical (unpaired) electrons. The molecule has 0 spiro atoms. The maximum Gasteiger partial charge on any atom is 0.215 e. The van der Waals surface area contributed by atoms with Gasteiger partial charge in [0.1, 0.15) is 0 Å². The fraction of sp³-hybridized carbons (Fsp3) is 1.00. The maximum absolute atomic E-state index is 12.2. The van der Waals surface area contributed by atoms with Gasteiger partial charge in [-0.2, -0.15) is 4.31 Å². The first kappa shape index (κ1) is 14.9. The molecule has 1 aliphatic rings. The molecule has 0 heterocycles. The lowest BCUT2D eigenvalue weighted by Gasteiger charge is -2.28. The van der Waals surface area contributed by atoms with E-state index in [1.165, 1.54) is 0 Å². The Bertz CT molecular complexity index is 308. The normalized spacial score (nSPS) is 18.4. The summed E-state index contributed by atoms with van der Waals surface area (Å²) in [5.74, 6) is 0.619. The smallest absolute Gasteiger partial charge is 0.215 e. The zero-order valence-corrected chi connectivity index (χ0v) is 11.9. The first-order valence-corrected chi connectivity index (χ1v) is 8.28. The summed E-state index contributed by atoms with van der Waals surface area (Å²) in [6.45, 7) is 5.13. The van der Waals surface area contributed by atoms with Gasteiger partial charge in [0, 0.05) is 19.1 Å². The number of rotatable bonds is 7. The summed E-state index contributed by atoms with van der Waals surface area (Å²) in [5, 5.41) is 0. The number of sulfonamides is 1. The van der Waals surface area contributed by atoms with Crippen LogP contribution in [0.15, 0.2) is 0 Å². The predicted octanol–water partition coefficient (Wildman–Crippen LogP) is 1.57. The van der Waals surface area contributed by atoms with Gasteiger partial charge in [-0.25, -0.2) is 8.42 Å². The van der Waals surface area contributed by atoms with Gasteiger partial charge in [-0.1, -0.05) is 26.7 Å². The quantitative estimate of drug-likeness (QED) is 0.757. The lowest BCUT2D eigenvalue weighted by atomic mass is 10.1. The fourth-order valence-corrected chi connectivity index (χ4v) is 3.97. The highest BCUT2D eigenvalue weighted by Crippen LogP contribution is 2.26. The average Bonchev–Trinajstić information content (AvgIpc) is 2.70. The summed E-state index contributed by atoms with van der Waals surface area (Å²) in [6, 6.07) is 0.227. The molecule has 1 fully saturated rings. The van der Waals surface area contributed by atoms with Gasteiger partial charge in [-0.15, -0.1) is 0 Å². The van der Waals surface area contributed by atoms with E-state index in [2.05, 4.69) is 13.8 Å². The summed E-state index contributed by atoms with van der Waals surface area (Å²) in [5.41, 5.74) is 5.40. The Labute approximate surface area is 106 Å². The Morgan fingerprint density at radius 1 is 1.29 bits per heavy atom. The van der Waals surface area contributed by atoms with Crippen LogP contribution in [0.4, 0.5) is 0 Å². The van der Waals surface area contributed by atoms with Crippen molar-refractivity contribution in [2.45, 2.75) is 52.0 Å². The fourth-order valence-electron chi connectivity index (χ4n) is 2.39. The first-order valence-electron chi connectivity index (χ1n) is 6.67. The van der Waals surface area contributed by atoms with Crippen LogP contribution in [-0.2, 0) is 10.0 Å². The van der Waals surface area contributed by atoms with E-state index in [0.717, 1.165) is 32.1 Å². The summed E-state index contributed by atoms with van der Waals surface area (Å²) in [7, 11) is -3.14. The second kappa shape index (κ2) is 6.71. The monoisotopic (exact) mass is 262 g/mol. The van der Waals surface area contributed by atoms with E-state index in [0.29, 0.717) is 12.5 Å². The molecule has 0 bridgehead atoms. The number of hydrogen-bond donors (Lipinski definition) is 1. The van der Waals surface area contributed by atoms with Crippen LogP contribution in [0, 0.1) is 5.92 Å². The highest BCUT2D eigenvalue weighted by molar-refractivity contribution is 7.89. The van der Waals surface area contributed by atoms with Crippen molar-refractivity contribution in [3.8, 4) is 0 Å². The Kier molecular flexibility index (Phi) is 5.89. The summed E-state index contributed by atoms with van der Waals surface area (Å²) in [6.07, 6.45) is 5.27. The molecule has 2 N–H and O–H groups in total. The van der Waals surface area contributed by atoms with Crippen LogP contribution in [-0.4, -0.2) is 37.6 Å². The van der Waals surface area contributed by atoms with Gasteiger partial charge in [-0.05, 0) is 25.2 Å². The Hall–Kier alpha value is -0.130. The highest BCUT2D eigenvalue weighted by Gasteiger charge is 2.31. The molecule has 17 heavy (non-hydrogen) atoms. The van der Waals surface area contributed by atoms with Crippen LogP contribution >= 0.6 is 0 Å². The van der Waals surface area contributed by atoms with E-state index < -0.39 is 10.0 Å². The number of hydrogen-bond acceptors (Lipinski definition) is 3. The largest absolute Gasteiger partial charge is 0.329 e. The molecule has 0 aromatic heterocycles. The van der Waals surface area contributed by atoms with Crippen LogP contribution in [0.1, 0.15) is 46.0 Å². The van der Waals surface area contributed by atoms with Crippen LogP contribution < -0.4 is 5.73 Å². The molecular weight excluding hydrogens is 236 g/mol. The molecule has 1 saturated carbocycles. The van der Waals surface area contributed by atoms with E-state index in [9.17, 15) is 8.42 Å². The van der Waals surface area contributed by atoms with Gasteiger partial charge < -0.3 is 5.73 Å². The molecule has 102 valence electrons. The SMILES string of the molecule is CC(C)CCN(C1CCCC1)S(=O)(=O)CCN. The van der Waals surface area contributed by atoms with Crippen molar-refractivity contribution < 1.29 is 8.42 Å². The van der Waals surface area contributed by atoms with E-state index in [1.807, 2.05) is 0 Å². The van der Waals surface area contributed by atoms with Crippen LogP contribution in [0.5, 0.6) is 0 Å². The summed E-state index contributed by atoms with van der Waals surface area (Å²) >= 11 is 0. The van der Waals surface area contributed by atoms with Crippen molar-refractivity contribution in [2.24, 2.45) is 11.7 Å². The second-order valence-corrected chi connectivity index (χ2v) is 7.38. The standard InChI is InChI=1S/C12H26N2O2S/c1-11(2)7-9-14(12-5-3-4-6-12)17(15,16)10-8-13/h11-12H,3-10,13H2,1-2H3. The topological polar surface area (TPSA) is 63.4 Å². The van der Waals surface area contributed by atoms with E-state index in [1.54, 1.807) is 4.31 Å². The van der Waals surface area contributed by atoms with Gasteiger partial charge in [0.25, 0.3) is 0 Å². The molecule has 0 atom stereocenters. The van der Waals surface area contributed by atoms with E-state index >= 15 is 0 Å². The average molecular weight is 262 g/mol. The molecule has 0 amide bonds. The van der Waals surface area contributed by atoms with Gasteiger partial charge in [-0.3, -0.25) is 0 Å². The first-order chi connectivity index (χ1) is 7.97. The van der Waals surface area contributed by atoms with Gasteiger partial charge >= 0.3 is 0 Å².